The zero-order chi connectivity index (χ0) is 23.3. The first-order valence-electron chi connectivity index (χ1n) is 10.9. The van der Waals surface area contributed by atoms with E-state index in [1.54, 1.807) is 37.3 Å². The predicted octanol–water partition coefficient (Wildman–Crippen LogP) is 2.41. The molecule has 3 amide bonds. The molecule has 0 aromatic heterocycles. The lowest BCUT2D eigenvalue weighted by atomic mass is 10.0. The summed E-state index contributed by atoms with van der Waals surface area (Å²) in [7, 11) is 0. The third kappa shape index (κ3) is 7.98. The van der Waals surface area contributed by atoms with Crippen molar-refractivity contribution < 1.29 is 19.2 Å². The van der Waals surface area contributed by atoms with Crippen molar-refractivity contribution >= 4 is 24.0 Å². The Labute approximate surface area is 189 Å². The van der Waals surface area contributed by atoms with E-state index in [1.165, 1.54) is 0 Å². The van der Waals surface area contributed by atoms with Crippen molar-refractivity contribution in [2.24, 2.45) is 0 Å². The first-order chi connectivity index (χ1) is 15.4. The quantitative estimate of drug-likeness (QED) is 0.444. The molecule has 0 aliphatic carbocycles. The van der Waals surface area contributed by atoms with Gasteiger partial charge in [0.15, 0.2) is 0 Å². The van der Waals surface area contributed by atoms with E-state index in [1.807, 2.05) is 37.3 Å². The fraction of sp³-hybridized carbons (Fsp3) is 0.360. The molecule has 0 aliphatic heterocycles. The summed E-state index contributed by atoms with van der Waals surface area (Å²) in [5.74, 6) is -1.30. The molecule has 2 aromatic rings. The summed E-state index contributed by atoms with van der Waals surface area (Å²) in [5, 5.41) is 8.08. The van der Waals surface area contributed by atoms with Gasteiger partial charge < -0.3 is 20.7 Å². The van der Waals surface area contributed by atoms with E-state index in [9.17, 15) is 19.2 Å². The molecule has 0 saturated carbocycles. The van der Waals surface area contributed by atoms with Crippen LogP contribution in [-0.2, 0) is 20.8 Å². The SMILES string of the molecule is CCCC[C@@H](C=O)NC(=O)[C@H](C)NC(=O)[C@@H](Cc1ccccc1)NC(=O)c1ccccc1. The highest BCUT2D eigenvalue weighted by Gasteiger charge is 2.26. The highest BCUT2D eigenvalue weighted by Crippen LogP contribution is 2.06. The Morgan fingerprint density at radius 1 is 0.875 bits per heavy atom. The van der Waals surface area contributed by atoms with Gasteiger partial charge in [-0.3, -0.25) is 14.4 Å². The summed E-state index contributed by atoms with van der Waals surface area (Å²) < 4.78 is 0. The minimum Gasteiger partial charge on any atom is -0.345 e. The molecule has 0 bridgehead atoms. The fourth-order valence-corrected chi connectivity index (χ4v) is 3.18. The average Bonchev–Trinajstić information content (AvgIpc) is 2.82. The van der Waals surface area contributed by atoms with Gasteiger partial charge in [0, 0.05) is 12.0 Å². The molecule has 0 unspecified atom stereocenters. The van der Waals surface area contributed by atoms with Gasteiger partial charge in [-0.1, -0.05) is 68.3 Å². The molecule has 2 rings (SSSR count). The van der Waals surface area contributed by atoms with Gasteiger partial charge in [0.2, 0.25) is 11.8 Å². The van der Waals surface area contributed by atoms with Crippen molar-refractivity contribution in [3.05, 3.63) is 71.8 Å². The van der Waals surface area contributed by atoms with Crippen LogP contribution in [0.4, 0.5) is 0 Å². The van der Waals surface area contributed by atoms with Crippen molar-refractivity contribution in [2.45, 2.75) is 57.7 Å². The Morgan fingerprint density at radius 2 is 1.50 bits per heavy atom. The van der Waals surface area contributed by atoms with Gasteiger partial charge in [0.1, 0.15) is 18.4 Å². The van der Waals surface area contributed by atoms with Crippen LogP contribution in [0.15, 0.2) is 60.7 Å². The van der Waals surface area contributed by atoms with Crippen molar-refractivity contribution in [3.63, 3.8) is 0 Å². The zero-order valence-corrected chi connectivity index (χ0v) is 18.5. The predicted molar refractivity (Wildman–Crippen MR) is 123 cm³/mol. The molecule has 7 heteroatoms. The third-order valence-corrected chi connectivity index (χ3v) is 5.05. The summed E-state index contributed by atoms with van der Waals surface area (Å²) in [4.78, 5) is 49.3. The van der Waals surface area contributed by atoms with Gasteiger partial charge >= 0.3 is 0 Å². The second-order valence-corrected chi connectivity index (χ2v) is 7.71. The number of amides is 3. The van der Waals surface area contributed by atoms with E-state index in [2.05, 4.69) is 16.0 Å². The minimum absolute atomic E-state index is 0.271. The molecular weight excluding hydrogens is 406 g/mol. The molecular formula is C25H31N3O4. The summed E-state index contributed by atoms with van der Waals surface area (Å²) in [6.45, 7) is 3.55. The number of carbonyl (C=O) groups is 4. The van der Waals surface area contributed by atoms with Crippen LogP contribution >= 0.6 is 0 Å². The van der Waals surface area contributed by atoms with Crippen molar-refractivity contribution in [1.82, 2.24) is 16.0 Å². The van der Waals surface area contributed by atoms with Gasteiger partial charge in [0.05, 0.1) is 6.04 Å². The zero-order valence-electron chi connectivity index (χ0n) is 18.5. The lowest BCUT2D eigenvalue weighted by Gasteiger charge is -2.22. The summed E-state index contributed by atoms with van der Waals surface area (Å²) >= 11 is 0. The number of nitrogens with one attached hydrogen (secondary N) is 3. The number of hydrogen-bond donors (Lipinski definition) is 3. The van der Waals surface area contributed by atoms with E-state index in [0.29, 0.717) is 18.3 Å². The summed E-state index contributed by atoms with van der Waals surface area (Å²) in [6.07, 6.45) is 3.26. The molecule has 0 heterocycles. The average molecular weight is 438 g/mol. The Morgan fingerprint density at radius 3 is 2.09 bits per heavy atom. The maximum absolute atomic E-state index is 13.0. The van der Waals surface area contributed by atoms with Crippen LogP contribution in [0.25, 0.3) is 0 Å². The summed E-state index contributed by atoms with van der Waals surface area (Å²) in [5.41, 5.74) is 1.31. The van der Waals surface area contributed by atoms with Crippen molar-refractivity contribution in [3.8, 4) is 0 Å². The van der Waals surface area contributed by atoms with E-state index in [-0.39, 0.29) is 12.3 Å². The molecule has 32 heavy (non-hydrogen) atoms. The van der Waals surface area contributed by atoms with Gasteiger partial charge in [-0.25, -0.2) is 0 Å². The van der Waals surface area contributed by atoms with Crippen molar-refractivity contribution in [1.29, 1.82) is 0 Å². The van der Waals surface area contributed by atoms with Crippen LogP contribution in [0, 0.1) is 0 Å². The molecule has 0 fully saturated rings. The maximum Gasteiger partial charge on any atom is 0.251 e. The smallest absolute Gasteiger partial charge is 0.251 e. The maximum atomic E-state index is 13.0. The third-order valence-electron chi connectivity index (χ3n) is 5.05. The monoisotopic (exact) mass is 437 g/mol. The number of unbranched alkanes of at least 4 members (excludes halogenated alkanes) is 1. The first kappa shape index (κ1) is 24.8. The molecule has 0 radical (unpaired) electrons. The van der Waals surface area contributed by atoms with Crippen LogP contribution in [-0.4, -0.2) is 42.1 Å². The fourth-order valence-electron chi connectivity index (χ4n) is 3.18. The normalized spacial score (nSPS) is 13.3. The van der Waals surface area contributed by atoms with E-state index >= 15 is 0 Å². The number of rotatable bonds is 12. The van der Waals surface area contributed by atoms with E-state index in [0.717, 1.165) is 18.4 Å². The first-order valence-corrected chi connectivity index (χ1v) is 10.9. The molecule has 3 atom stereocenters. The van der Waals surface area contributed by atoms with Gasteiger partial charge in [0.25, 0.3) is 5.91 Å². The Bertz CT molecular complexity index is 887. The second-order valence-electron chi connectivity index (χ2n) is 7.71. The van der Waals surface area contributed by atoms with Crippen LogP contribution in [0.3, 0.4) is 0 Å². The second kappa shape index (κ2) is 13.0. The van der Waals surface area contributed by atoms with E-state index in [4.69, 9.17) is 0 Å². The number of carbonyl (C=O) groups excluding carboxylic acids is 4. The minimum atomic E-state index is -0.873. The van der Waals surface area contributed by atoms with E-state index < -0.39 is 29.9 Å². The molecule has 2 aromatic carbocycles. The lowest BCUT2D eigenvalue weighted by molar-refractivity contribution is -0.130. The Kier molecular flexibility index (Phi) is 10.1. The number of aldehydes is 1. The molecule has 170 valence electrons. The van der Waals surface area contributed by atoms with Gasteiger partial charge in [-0.15, -0.1) is 0 Å². The van der Waals surface area contributed by atoms with Crippen LogP contribution in [0.2, 0.25) is 0 Å². The van der Waals surface area contributed by atoms with Gasteiger partial charge in [-0.05, 0) is 31.0 Å². The summed E-state index contributed by atoms with van der Waals surface area (Å²) in [6, 6.07) is 15.6. The van der Waals surface area contributed by atoms with Crippen LogP contribution < -0.4 is 16.0 Å². The van der Waals surface area contributed by atoms with Gasteiger partial charge in [-0.2, -0.15) is 0 Å². The molecule has 0 saturated heterocycles. The topological polar surface area (TPSA) is 104 Å². The molecule has 7 nitrogen and oxygen atoms in total. The molecule has 0 aliphatic rings. The molecule has 3 N–H and O–H groups in total. The Hall–Kier alpha value is -3.48. The number of hydrogen-bond acceptors (Lipinski definition) is 4. The molecule has 0 spiro atoms. The Balaban J connectivity index is 2.06. The highest BCUT2D eigenvalue weighted by atomic mass is 16.2. The highest BCUT2D eigenvalue weighted by molar-refractivity contribution is 5.98. The number of benzene rings is 2. The standard InChI is InChI=1S/C25H31N3O4/c1-3-4-15-21(17-29)27-23(30)18(2)26-25(32)22(16-19-11-7-5-8-12-19)28-24(31)20-13-9-6-10-14-20/h5-14,17-18,21-22H,3-4,15-16H2,1-2H3,(H,26,32)(H,27,30)(H,28,31)/t18-,21-,22+/m0/s1. The largest absolute Gasteiger partial charge is 0.345 e. The van der Waals surface area contributed by atoms with Crippen LogP contribution in [0.1, 0.15) is 49.0 Å². The lowest BCUT2D eigenvalue weighted by Crippen LogP contribution is -2.54. The van der Waals surface area contributed by atoms with Crippen LogP contribution in [0.5, 0.6) is 0 Å². The van der Waals surface area contributed by atoms with Crippen molar-refractivity contribution in [2.75, 3.05) is 0 Å².